The second-order valence-corrected chi connectivity index (χ2v) is 9.20. The summed E-state index contributed by atoms with van der Waals surface area (Å²) in [5, 5.41) is 3.02. The van der Waals surface area contributed by atoms with Gasteiger partial charge in [0.15, 0.2) is 23.0 Å². The highest BCUT2D eigenvalue weighted by Gasteiger charge is 2.25. The van der Waals surface area contributed by atoms with Gasteiger partial charge in [-0.25, -0.2) is 9.97 Å². The van der Waals surface area contributed by atoms with Gasteiger partial charge in [0, 0.05) is 22.7 Å². The van der Waals surface area contributed by atoms with E-state index in [1.807, 2.05) is 24.3 Å². The number of fused-ring (bicyclic) bond motifs is 1. The van der Waals surface area contributed by atoms with Crippen molar-refractivity contribution in [2.24, 2.45) is 0 Å². The smallest absolute Gasteiger partial charge is 0.251 e. The van der Waals surface area contributed by atoms with Gasteiger partial charge in [-0.15, -0.1) is 0 Å². The monoisotopic (exact) mass is 545 g/mol. The van der Waals surface area contributed by atoms with Crippen LogP contribution in [0, 0.1) is 0 Å². The second-order valence-electron chi connectivity index (χ2n) is 9.20. The molecule has 1 fully saturated rings. The molecule has 0 bridgehead atoms. The molecule has 0 atom stereocenters. The highest BCUT2D eigenvalue weighted by molar-refractivity contribution is 5.98. The largest absolute Gasteiger partial charge is 0.493 e. The molecule has 5 rings (SSSR count). The lowest BCUT2D eigenvalue weighted by molar-refractivity contribution is 0.0951. The van der Waals surface area contributed by atoms with Crippen LogP contribution in [0.25, 0.3) is 33.5 Å². The number of ether oxygens (including phenoxy) is 6. The highest BCUT2D eigenvalue weighted by atomic mass is 16.5. The van der Waals surface area contributed by atoms with Gasteiger partial charge in [0.05, 0.1) is 65.1 Å². The number of nitrogens with one attached hydrogen (secondary N) is 1. The van der Waals surface area contributed by atoms with Gasteiger partial charge in [-0.2, -0.15) is 0 Å². The Balaban J connectivity index is 1.77. The number of amides is 1. The summed E-state index contributed by atoms with van der Waals surface area (Å²) in [5.41, 5.74) is 4.12. The van der Waals surface area contributed by atoms with Crippen LogP contribution in [0.5, 0.6) is 34.5 Å². The van der Waals surface area contributed by atoms with Gasteiger partial charge in [0.2, 0.25) is 11.5 Å². The van der Waals surface area contributed by atoms with E-state index in [9.17, 15) is 4.79 Å². The van der Waals surface area contributed by atoms with Crippen LogP contribution in [0.15, 0.2) is 42.5 Å². The fourth-order valence-corrected chi connectivity index (χ4v) is 4.53. The van der Waals surface area contributed by atoms with E-state index in [1.165, 1.54) is 0 Å². The molecule has 0 radical (unpaired) electrons. The number of carbonyl (C=O) groups is 1. The molecule has 0 spiro atoms. The van der Waals surface area contributed by atoms with Crippen molar-refractivity contribution in [3.05, 3.63) is 48.0 Å². The van der Waals surface area contributed by atoms with E-state index in [1.54, 1.807) is 60.9 Å². The normalized spacial score (nSPS) is 12.6. The number of nitrogens with zero attached hydrogens (tertiary/aromatic N) is 2. The number of hydrogen-bond donors (Lipinski definition) is 1. The summed E-state index contributed by atoms with van der Waals surface area (Å²) in [7, 11) is 9.32. The maximum absolute atomic E-state index is 12.8. The van der Waals surface area contributed by atoms with Crippen molar-refractivity contribution in [1.82, 2.24) is 15.3 Å². The van der Waals surface area contributed by atoms with Gasteiger partial charge in [0.25, 0.3) is 5.91 Å². The molecule has 208 valence electrons. The van der Waals surface area contributed by atoms with E-state index in [-0.39, 0.29) is 11.9 Å². The number of benzene rings is 3. The highest BCUT2D eigenvalue weighted by Crippen LogP contribution is 2.45. The van der Waals surface area contributed by atoms with Crippen LogP contribution in [0.4, 0.5) is 0 Å². The van der Waals surface area contributed by atoms with Gasteiger partial charge >= 0.3 is 0 Å². The Morgan fingerprint density at radius 3 is 1.50 bits per heavy atom. The van der Waals surface area contributed by atoms with Crippen molar-refractivity contribution in [2.75, 3.05) is 42.7 Å². The van der Waals surface area contributed by atoms with Crippen LogP contribution in [0.2, 0.25) is 0 Å². The molecule has 1 saturated carbocycles. The molecule has 0 aliphatic heterocycles. The average Bonchev–Trinajstić information content (AvgIpc) is 3.82. The maximum Gasteiger partial charge on any atom is 0.251 e. The molecule has 0 saturated heterocycles. The minimum atomic E-state index is -0.130. The second kappa shape index (κ2) is 11.2. The van der Waals surface area contributed by atoms with Crippen molar-refractivity contribution < 1.29 is 33.2 Å². The number of aromatic nitrogens is 2. The minimum Gasteiger partial charge on any atom is -0.493 e. The summed E-state index contributed by atoms with van der Waals surface area (Å²) in [6.45, 7) is 0. The van der Waals surface area contributed by atoms with Crippen molar-refractivity contribution in [1.29, 1.82) is 0 Å². The lowest BCUT2D eigenvalue weighted by atomic mass is 10.0. The van der Waals surface area contributed by atoms with Crippen LogP contribution in [0.3, 0.4) is 0 Å². The van der Waals surface area contributed by atoms with Gasteiger partial charge in [-0.1, -0.05) is 0 Å². The molecule has 1 N–H and O–H groups in total. The predicted molar refractivity (Wildman–Crippen MR) is 150 cm³/mol. The zero-order valence-electron chi connectivity index (χ0n) is 23.3. The zero-order valence-corrected chi connectivity index (χ0v) is 23.3. The number of carbonyl (C=O) groups excluding carboxylic acids is 1. The zero-order chi connectivity index (χ0) is 28.4. The fraction of sp³-hybridized carbons (Fsp3) is 0.300. The summed E-state index contributed by atoms with van der Waals surface area (Å²) in [5.74, 6) is 2.66. The quantitative estimate of drug-likeness (QED) is 0.297. The Labute approximate surface area is 232 Å². The Morgan fingerprint density at radius 1 is 0.650 bits per heavy atom. The lowest BCUT2D eigenvalue weighted by Crippen LogP contribution is -2.25. The SMILES string of the molecule is COc1cc(-c2nc3ccc(C(=O)NC4CC4)cc3nc2-c2cc(OC)c(OC)c(OC)c2)cc(OC)c1OC. The molecule has 0 unspecified atom stereocenters. The number of hydrogen-bond acceptors (Lipinski definition) is 9. The van der Waals surface area contributed by atoms with Crippen molar-refractivity contribution >= 4 is 16.9 Å². The molecule has 1 amide bonds. The van der Waals surface area contributed by atoms with E-state index in [4.69, 9.17) is 38.4 Å². The number of rotatable bonds is 10. The average molecular weight is 546 g/mol. The van der Waals surface area contributed by atoms with E-state index in [0.29, 0.717) is 73.6 Å². The third-order valence-corrected chi connectivity index (χ3v) is 6.72. The molecular formula is C30H31N3O7. The van der Waals surface area contributed by atoms with Crippen LogP contribution >= 0.6 is 0 Å². The summed E-state index contributed by atoms with van der Waals surface area (Å²) < 4.78 is 33.5. The summed E-state index contributed by atoms with van der Waals surface area (Å²) in [6.07, 6.45) is 2.01. The summed E-state index contributed by atoms with van der Waals surface area (Å²) in [6, 6.07) is 12.8. The molecule has 1 aromatic heterocycles. The van der Waals surface area contributed by atoms with E-state index in [2.05, 4.69) is 5.32 Å². The molecule has 4 aromatic rings. The summed E-state index contributed by atoms with van der Waals surface area (Å²) in [4.78, 5) is 22.8. The molecule has 1 heterocycles. The van der Waals surface area contributed by atoms with Crippen molar-refractivity contribution in [3.63, 3.8) is 0 Å². The molecule has 40 heavy (non-hydrogen) atoms. The van der Waals surface area contributed by atoms with Crippen LogP contribution in [-0.4, -0.2) is 64.6 Å². The first-order chi connectivity index (χ1) is 19.4. The van der Waals surface area contributed by atoms with E-state index in [0.717, 1.165) is 12.8 Å². The molecule has 10 heteroatoms. The summed E-state index contributed by atoms with van der Waals surface area (Å²) >= 11 is 0. The fourth-order valence-electron chi connectivity index (χ4n) is 4.53. The van der Waals surface area contributed by atoms with Crippen LogP contribution in [0.1, 0.15) is 23.2 Å². The van der Waals surface area contributed by atoms with Gasteiger partial charge in [0.1, 0.15) is 0 Å². The van der Waals surface area contributed by atoms with E-state index < -0.39 is 0 Å². The number of methoxy groups -OCH3 is 6. The first kappa shape index (κ1) is 26.9. The Hall–Kier alpha value is -4.73. The predicted octanol–water partition coefficient (Wildman–Crippen LogP) is 4.91. The van der Waals surface area contributed by atoms with Crippen molar-refractivity contribution in [2.45, 2.75) is 18.9 Å². The van der Waals surface area contributed by atoms with Crippen molar-refractivity contribution in [3.8, 4) is 57.0 Å². The molecule has 1 aliphatic rings. The van der Waals surface area contributed by atoms with Gasteiger partial charge in [-0.3, -0.25) is 4.79 Å². The Bertz CT molecular complexity index is 1530. The Morgan fingerprint density at radius 2 is 1.10 bits per heavy atom. The standard InChI is InChI=1S/C30H31N3O7/c1-35-22-12-17(13-23(36-2)28(22)39-5)26-27(18-14-24(37-3)29(40-6)25(15-18)38-4)33-21-11-16(7-10-20(21)32-26)30(34)31-19-8-9-19/h7,10-15,19H,8-9H2,1-6H3,(H,31,34). The maximum atomic E-state index is 12.8. The van der Waals surface area contributed by atoms with Gasteiger partial charge < -0.3 is 33.7 Å². The third-order valence-electron chi connectivity index (χ3n) is 6.72. The molecule has 1 aliphatic carbocycles. The molecule has 3 aromatic carbocycles. The Kier molecular flexibility index (Phi) is 7.50. The van der Waals surface area contributed by atoms with E-state index >= 15 is 0 Å². The first-order valence-electron chi connectivity index (χ1n) is 12.7. The van der Waals surface area contributed by atoms with Crippen LogP contribution in [-0.2, 0) is 0 Å². The van der Waals surface area contributed by atoms with Crippen LogP contribution < -0.4 is 33.7 Å². The topological polar surface area (TPSA) is 110 Å². The molecular weight excluding hydrogens is 514 g/mol. The molecule has 10 nitrogen and oxygen atoms in total. The van der Waals surface area contributed by atoms with Gasteiger partial charge in [-0.05, 0) is 55.3 Å². The third kappa shape index (κ3) is 5.00. The lowest BCUT2D eigenvalue weighted by Gasteiger charge is -2.18. The first-order valence-corrected chi connectivity index (χ1v) is 12.7. The minimum absolute atomic E-state index is 0.130.